The molecule has 10 heteroatoms. The fourth-order valence-corrected chi connectivity index (χ4v) is 2.72. The number of methoxy groups -OCH3 is 1. The minimum Gasteiger partial charge on any atom is -0.494 e. The zero-order valence-electron chi connectivity index (χ0n) is 17.0. The molecule has 3 rings (SSSR count). The second-order valence-electron chi connectivity index (χ2n) is 6.67. The van der Waals surface area contributed by atoms with Gasteiger partial charge in [0, 0.05) is 23.9 Å². The number of benzene rings is 2. The number of nitro groups is 1. The number of hydrogen-bond acceptors (Lipinski definition) is 8. The predicted octanol–water partition coefficient (Wildman–Crippen LogP) is 4.29. The van der Waals surface area contributed by atoms with Gasteiger partial charge in [-0.05, 0) is 44.2 Å². The first kappa shape index (κ1) is 21.6. The summed E-state index contributed by atoms with van der Waals surface area (Å²) in [5, 5.41) is 13.8. The van der Waals surface area contributed by atoms with Gasteiger partial charge in [-0.15, -0.1) is 0 Å². The Bertz CT molecular complexity index is 1120. The average Bonchev–Trinajstić information content (AvgIpc) is 2.74. The van der Waals surface area contributed by atoms with Crippen molar-refractivity contribution in [2.75, 3.05) is 12.4 Å². The third-order valence-electron chi connectivity index (χ3n) is 4.09. The molecule has 0 aliphatic heterocycles. The fraction of sp³-hybridized carbons (Fsp3) is 0.190. The minimum absolute atomic E-state index is 0.00943. The van der Waals surface area contributed by atoms with Crippen LogP contribution >= 0.6 is 0 Å². The van der Waals surface area contributed by atoms with Crippen LogP contribution in [0.3, 0.4) is 0 Å². The predicted molar refractivity (Wildman–Crippen MR) is 111 cm³/mol. The van der Waals surface area contributed by atoms with E-state index in [2.05, 4.69) is 15.3 Å². The van der Waals surface area contributed by atoms with Crippen LogP contribution < -0.4 is 14.8 Å². The number of nitrogens with zero attached hydrogens (tertiary/aromatic N) is 3. The number of carbonyl (C=O) groups is 1. The Morgan fingerprint density at radius 2 is 1.90 bits per heavy atom. The summed E-state index contributed by atoms with van der Waals surface area (Å²) in [5.41, 5.74) is -0.156. The lowest BCUT2D eigenvalue weighted by molar-refractivity contribution is -0.387. The molecular formula is C21H19FN4O5. The van der Waals surface area contributed by atoms with Gasteiger partial charge in [-0.25, -0.2) is 9.97 Å². The molecule has 1 N–H and O–H groups in total. The Labute approximate surface area is 177 Å². The molecule has 160 valence electrons. The summed E-state index contributed by atoms with van der Waals surface area (Å²) in [6.45, 7) is 3.80. The van der Waals surface area contributed by atoms with E-state index in [9.17, 15) is 19.3 Å². The van der Waals surface area contributed by atoms with Gasteiger partial charge < -0.3 is 14.8 Å². The lowest BCUT2D eigenvalue weighted by Gasteiger charge is -2.11. The summed E-state index contributed by atoms with van der Waals surface area (Å²) in [6, 6.07) is 9.93. The van der Waals surface area contributed by atoms with E-state index < -0.39 is 16.4 Å². The molecule has 0 bridgehead atoms. The van der Waals surface area contributed by atoms with E-state index in [-0.39, 0.29) is 35.0 Å². The van der Waals surface area contributed by atoms with Crippen molar-refractivity contribution in [3.63, 3.8) is 0 Å². The molecule has 0 radical (unpaired) electrons. The van der Waals surface area contributed by atoms with Crippen molar-refractivity contribution >= 4 is 23.1 Å². The van der Waals surface area contributed by atoms with Crippen LogP contribution in [0.15, 0.2) is 48.7 Å². The molecular weight excluding hydrogens is 407 g/mol. The second kappa shape index (κ2) is 9.16. The Hall–Kier alpha value is -4.08. The minimum atomic E-state index is -1.04. The van der Waals surface area contributed by atoms with Crippen molar-refractivity contribution in [2.24, 2.45) is 0 Å². The van der Waals surface area contributed by atoms with E-state index in [1.54, 1.807) is 24.3 Å². The number of ketones is 1. The number of halogens is 1. The molecule has 0 unspecified atom stereocenters. The Morgan fingerprint density at radius 1 is 1.19 bits per heavy atom. The van der Waals surface area contributed by atoms with E-state index in [0.29, 0.717) is 11.3 Å². The van der Waals surface area contributed by atoms with E-state index in [1.807, 2.05) is 13.8 Å². The highest BCUT2D eigenvalue weighted by atomic mass is 19.1. The largest absolute Gasteiger partial charge is 0.494 e. The molecule has 0 fully saturated rings. The van der Waals surface area contributed by atoms with Crippen molar-refractivity contribution in [1.29, 1.82) is 0 Å². The standard InChI is InChI=1S/C21H19FN4O5/c1-12(2)31-14-6-4-13(5-7-14)20(27)16-8-9-23-21(24-16)25-17-11-18(26(28)29)15(22)10-19(17)30-3/h4-12H,1-3H3,(H,23,24,25). The van der Waals surface area contributed by atoms with Gasteiger partial charge in [0.25, 0.3) is 0 Å². The first-order valence-corrected chi connectivity index (χ1v) is 9.22. The maximum Gasteiger partial charge on any atom is 0.307 e. The number of nitrogens with one attached hydrogen (secondary N) is 1. The number of nitro benzene ring substituents is 1. The number of anilines is 2. The summed E-state index contributed by atoms with van der Waals surface area (Å²) in [7, 11) is 1.29. The highest BCUT2D eigenvalue weighted by molar-refractivity contribution is 6.07. The maximum atomic E-state index is 13.8. The number of hydrogen-bond donors (Lipinski definition) is 1. The highest BCUT2D eigenvalue weighted by Crippen LogP contribution is 2.33. The molecule has 0 aliphatic carbocycles. The molecule has 31 heavy (non-hydrogen) atoms. The normalized spacial score (nSPS) is 10.6. The molecule has 2 aromatic carbocycles. The Balaban J connectivity index is 1.86. The number of ether oxygens (including phenoxy) is 2. The van der Waals surface area contributed by atoms with Crippen LogP contribution in [-0.2, 0) is 0 Å². The Kier molecular flexibility index (Phi) is 6.39. The zero-order valence-corrected chi connectivity index (χ0v) is 17.0. The highest BCUT2D eigenvalue weighted by Gasteiger charge is 2.20. The van der Waals surface area contributed by atoms with Gasteiger partial charge in [0.1, 0.15) is 17.2 Å². The van der Waals surface area contributed by atoms with E-state index in [1.165, 1.54) is 19.4 Å². The third-order valence-corrected chi connectivity index (χ3v) is 4.09. The van der Waals surface area contributed by atoms with Gasteiger partial charge in [-0.2, -0.15) is 4.39 Å². The lowest BCUT2D eigenvalue weighted by Crippen LogP contribution is -2.08. The molecule has 0 saturated heterocycles. The molecule has 0 saturated carbocycles. The molecule has 0 amide bonds. The van der Waals surface area contributed by atoms with Crippen molar-refractivity contribution in [1.82, 2.24) is 9.97 Å². The summed E-state index contributed by atoms with van der Waals surface area (Å²) < 4.78 is 24.5. The van der Waals surface area contributed by atoms with Crippen molar-refractivity contribution in [3.05, 3.63) is 75.9 Å². The van der Waals surface area contributed by atoms with Crippen LogP contribution in [0.5, 0.6) is 11.5 Å². The first-order valence-electron chi connectivity index (χ1n) is 9.22. The second-order valence-corrected chi connectivity index (χ2v) is 6.67. The monoisotopic (exact) mass is 426 g/mol. The van der Waals surface area contributed by atoms with Gasteiger partial charge in [-0.3, -0.25) is 14.9 Å². The van der Waals surface area contributed by atoms with E-state index in [0.717, 1.165) is 12.1 Å². The van der Waals surface area contributed by atoms with E-state index >= 15 is 0 Å². The van der Waals surface area contributed by atoms with Crippen LogP contribution in [0, 0.1) is 15.9 Å². The molecule has 0 aliphatic rings. The number of carbonyl (C=O) groups excluding carboxylic acids is 1. The van der Waals surface area contributed by atoms with Crippen LogP contribution in [0.4, 0.5) is 21.7 Å². The van der Waals surface area contributed by atoms with Crippen LogP contribution in [0.2, 0.25) is 0 Å². The molecule has 0 spiro atoms. The van der Waals surface area contributed by atoms with Gasteiger partial charge in [-0.1, -0.05) is 0 Å². The lowest BCUT2D eigenvalue weighted by atomic mass is 10.1. The molecule has 9 nitrogen and oxygen atoms in total. The third kappa shape index (κ3) is 5.10. The van der Waals surface area contributed by atoms with Crippen LogP contribution in [0.25, 0.3) is 0 Å². The zero-order chi connectivity index (χ0) is 22.5. The molecule has 1 heterocycles. The van der Waals surface area contributed by atoms with Gasteiger partial charge >= 0.3 is 5.69 Å². The topological polar surface area (TPSA) is 116 Å². The maximum absolute atomic E-state index is 13.8. The number of aromatic nitrogens is 2. The molecule has 3 aromatic rings. The van der Waals surface area contributed by atoms with Gasteiger partial charge in [0.15, 0.2) is 0 Å². The van der Waals surface area contributed by atoms with Gasteiger partial charge in [0.2, 0.25) is 17.5 Å². The van der Waals surface area contributed by atoms with Crippen molar-refractivity contribution in [2.45, 2.75) is 20.0 Å². The van der Waals surface area contributed by atoms with Crippen LogP contribution in [0.1, 0.15) is 29.9 Å². The first-order chi connectivity index (χ1) is 14.8. The Morgan fingerprint density at radius 3 is 2.52 bits per heavy atom. The summed E-state index contributed by atoms with van der Waals surface area (Å²) in [6.07, 6.45) is 1.37. The van der Waals surface area contributed by atoms with Crippen LogP contribution in [-0.4, -0.2) is 33.9 Å². The van der Waals surface area contributed by atoms with E-state index in [4.69, 9.17) is 9.47 Å². The smallest absolute Gasteiger partial charge is 0.307 e. The summed E-state index contributed by atoms with van der Waals surface area (Å²) >= 11 is 0. The van der Waals surface area contributed by atoms with Crippen molar-refractivity contribution in [3.8, 4) is 11.5 Å². The quantitative estimate of drug-likeness (QED) is 0.322. The summed E-state index contributed by atoms with van der Waals surface area (Å²) in [5.74, 6) is -0.740. The molecule has 0 atom stereocenters. The van der Waals surface area contributed by atoms with Gasteiger partial charge in [0.05, 0.1) is 23.8 Å². The average molecular weight is 426 g/mol. The SMILES string of the molecule is COc1cc(F)c([N+](=O)[O-])cc1Nc1nccc(C(=O)c2ccc(OC(C)C)cc2)n1. The van der Waals surface area contributed by atoms with Crippen molar-refractivity contribution < 1.29 is 23.6 Å². The fourth-order valence-electron chi connectivity index (χ4n) is 2.72. The summed E-state index contributed by atoms with van der Waals surface area (Å²) in [4.78, 5) is 31.1. The number of rotatable bonds is 8. The molecule has 1 aromatic heterocycles.